The fourth-order valence-electron chi connectivity index (χ4n) is 6.11. The predicted octanol–water partition coefficient (Wildman–Crippen LogP) is 10.3. The predicted molar refractivity (Wildman–Crippen MR) is 215 cm³/mol. The summed E-state index contributed by atoms with van der Waals surface area (Å²) in [6.45, 7) is 0. The number of benzene rings is 6. The van der Waals surface area contributed by atoms with Crippen molar-refractivity contribution in [1.29, 1.82) is 0 Å². The van der Waals surface area contributed by atoms with E-state index in [9.17, 15) is 23.6 Å². The third-order valence-electron chi connectivity index (χ3n) is 8.29. The number of para-hydroxylation sites is 1. The number of aromatic nitrogens is 2. The first-order chi connectivity index (χ1) is 25.8. The Bertz CT molecular complexity index is 2590. The summed E-state index contributed by atoms with van der Waals surface area (Å²) in [6.07, 6.45) is 3.40. The fraction of sp³-hybridized carbons (Fsp3) is 0.0244. The van der Waals surface area contributed by atoms with Crippen molar-refractivity contribution < 1.29 is 24.9 Å². The van der Waals surface area contributed by atoms with Gasteiger partial charge in [0, 0.05) is 59.6 Å². The van der Waals surface area contributed by atoms with E-state index >= 15 is 0 Å². The number of nitrogens with zero attached hydrogens (tertiary/aromatic N) is 3. The van der Waals surface area contributed by atoms with Gasteiger partial charge >= 0.3 is 24.8 Å². The van der Waals surface area contributed by atoms with Crippen LogP contribution >= 0.6 is 28.7 Å². The quantitative estimate of drug-likeness (QED) is 0.104. The Kier molecular flexibility index (Phi) is 12.1. The molecule has 0 saturated heterocycles. The summed E-state index contributed by atoms with van der Waals surface area (Å²) >= 11 is 6.71. The summed E-state index contributed by atoms with van der Waals surface area (Å²) in [6, 6.07) is 40.6. The van der Waals surface area contributed by atoms with Gasteiger partial charge in [0.15, 0.2) is 0 Å². The molecule has 0 aliphatic heterocycles. The molecular weight excluding hydrogens is 740 g/mol. The summed E-state index contributed by atoms with van der Waals surface area (Å²) < 4.78 is 23.5. The van der Waals surface area contributed by atoms with Crippen molar-refractivity contribution in [3.63, 3.8) is 0 Å². The van der Waals surface area contributed by atoms with Crippen LogP contribution in [0.2, 0.25) is 0 Å². The van der Waals surface area contributed by atoms with E-state index in [1.165, 1.54) is 0 Å². The van der Waals surface area contributed by atoms with Crippen molar-refractivity contribution in [1.82, 2.24) is 9.13 Å². The van der Waals surface area contributed by atoms with E-state index in [1.54, 1.807) is 12.1 Å². The molecule has 0 unspecified atom stereocenters. The number of halogens is 2. The average molecular weight is 770 g/mol. The van der Waals surface area contributed by atoms with Crippen LogP contribution in [0.3, 0.4) is 0 Å². The Morgan fingerprint density at radius 3 is 1.37 bits per heavy atom. The number of alkyl halides is 1. The first-order valence-corrected chi connectivity index (χ1v) is 16.7. The average Bonchev–Trinajstić information content (AvgIpc) is 3.70. The van der Waals surface area contributed by atoms with Crippen LogP contribution in [0.25, 0.3) is 55.0 Å². The van der Waals surface area contributed by atoms with Gasteiger partial charge in [-0.25, -0.2) is 0 Å². The Labute approximate surface area is 314 Å². The van der Waals surface area contributed by atoms with Crippen LogP contribution in [0.5, 0.6) is 0 Å². The van der Waals surface area contributed by atoms with Crippen molar-refractivity contribution in [3.8, 4) is 11.4 Å². The van der Waals surface area contributed by atoms with Crippen LogP contribution in [0.15, 0.2) is 136 Å². The van der Waals surface area contributed by atoms with Crippen molar-refractivity contribution in [2.24, 2.45) is 4.30 Å². The molecule has 8 aromatic rings. The van der Waals surface area contributed by atoms with Gasteiger partial charge in [0.2, 0.25) is 0 Å². The molecule has 11 heteroatoms. The number of carbonyl (C=O) groups excluding carboxylic acids is 4. The zero-order chi connectivity index (χ0) is 37.9. The van der Waals surface area contributed by atoms with Crippen molar-refractivity contribution >= 4 is 105 Å². The maximum absolute atomic E-state index is 11.2. The molecule has 0 atom stereocenters. The van der Waals surface area contributed by atoms with E-state index in [0.717, 1.165) is 84.6 Å². The summed E-state index contributed by atoms with van der Waals surface area (Å²) in [4.78, 5) is 44.0. The van der Waals surface area contributed by atoms with Gasteiger partial charge in [-0.1, -0.05) is 34.1 Å². The molecule has 1 radical (unpaired) electrons. The summed E-state index contributed by atoms with van der Waals surface area (Å²) in [5.41, 5.74) is 8.75. The van der Waals surface area contributed by atoms with Crippen molar-refractivity contribution in [2.75, 3.05) is 7.15 Å². The molecule has 7 nitrogen and oxygen atoms in total. The van der Waals surface area contributed by atoms with Crippen LogP contribution in [0.4, 0.5) is 4.39 Å². The molecule has 8 rings (SSSR count). The van der Waals surface area contributed by atoms with Crippen LogP contribution < -0.4 is 0 Å². The molecule has 52 heavy (non-hydrogen) atoms. The van der Waals surface area contributed by atoms with Gasteiger partial charge in [0.1, 0.15) is 25.1 Å². The van der Waals surface area contributed by atoms with Gasteiger partial charge in [-0.15, -0.1) is 0 Å². The maximum atomic E-state index is 11.2. The molecule has 255 valence electrons. The van der Waals surface area contributed by atoms with Crippen LogP contribution in [-0.4, -0.2) is 49.1 Å². The van der Waals surface area contributed by atoms with Crippen LogP contribution in [0.1, 0.15) is 42.8 Å². The number of aldehydes is 4. The zero-order valence-corrected chi connectivity index (χ0v) is 29.9. The van der Waals surface area contributed by atoms with E-state index < -0.39 is 7.15 Å². The van der Waals surface area contributed by atoms with Gasteiger partial charge in [0.25, 0.3) is 0 Å². The van der Waals surface area contributed by atoms with E-state index in [4.69, 9.17) is 1.37 Å². The topological polar surface area (TPSA) is 90.5 Å². The SMILES string of the molecule is O=Cc1ccc(-n2c3ccc(Br)cc3c3cc(C=O)ccc32)cc1.O=Cc1ccc(-n2c3ccccc3c3cc(C=O)ccc32)cc1.[2H]CF.[B]=NS. The van der Waals surface area contributed by atoms with Gasteiger partial charge in [-0.2, -0.15) is 0 Å². The molecule has 0 aliphatic rings. The number of carbonyl (C=O) groups is 4. The van der Waals surface area contributed by atoms with Crippen LogP contribution in [-0.2, 0) is 0 Å². The third kappa shape index (κ3) is 7.61. The molecule has 2 aromatic heterocycles. The van der Waals surface area contributed by atoms with Crippen LogP contribution in [0, 0.1) is 0 Å². The second kappa shape index (κ2) is 17.4. The van der Waals surface area contributed by atoms with Gasteiger partial charge < -0.3 is 9.13 Å². The van der Waals surface area contributed by atoms with Gasteiger partial charge in [0.05, 0.1) is 30.6 Å². The second-order valence-electron chi connectivity index (χ2n) is 11.2. The van der Waals surface area contributed by atoms with Crippen molar-refractivity contribution in [3.05, 3.63) is 154 Å². The number of hydrogen-bond donors (Lipinski definition) is 1. The molecule has 0 amide bonds. The normalized spacial score (nSPS) is 10.5. The minimum atomic E-state index is -1.00. The number of fused-ring (bicyclic) bond motifs is 6. The van der Waals surface area contributed by atoms with E-state index in [0.29, 0.717) is 22.3 Å². The van der Waals surface area contributed by atoms with Gasteiger partial charge in [-0.05, 0) is 109 Å². The number of thiol groups is 1. The Morgan fingerprint density at radius 2 is 0.923 bits per heavy atom. The molecule has 6 aromatic carbocycles. The Hall–Kier alpha value is -5.78. The Morgan fingerprint density at radius 1 is 0.577 bits per heavy atom. The molecule has 0 spiro atoms. The standard InChI is InChI=1S/C20H12BrNO2.C20H13NO2.CH3F.BHNS/c21-15-4-8-20-18(10-15)17-9-14(12-24)3-7-19(17)22(20)16-5-1-13(11-23)2-6-16;22-12-14-5-8-16(9-6-14)21-19-4-2-1-3-17(19)18-11-15(13-23)7-10-20(18)21;1-2;1-2-3/h1-12H;1-13H;1H3;3H/i;;1D;. The summed E-state index contributed by atoms with van der Waals surface area (Å²) in [5, 5.41) is 4.24. The van der Waals surface area contributed by atoms with E-state index in [2.05, 4.69) is 68.0 Å². The van der Waals surface area contributed by atoms with E-state index in [-0.39, 0.29) is 0 Å². The van der Waals surface area contributed by atoms with Crippen molar-refractivity contribution in [2.45, 2.75) is 0 Å². The monoisotopic (exact) mass is 769 g/mol. The molecule has 0 aliphatic carbocycles. The summed E-state index contributed by atoms with van der Waals surface area (Å²) in [7, 11) is 3.34. The first kappa shape index (κ1) is 36.0. The second-order valence-corrected chi connectivity index (χ2v) is 12.3. The van der Waals surface area contributed by atoms with Gasteiger partial charge in [-0.3, -0.25) is 23.6 Å². The molecule has 2 heterocycles. The first-order valence-electron chi connectivity index (χ1n) is 16.2. The summed E-state index contributed by atoms with van der Waals surface area (Å²) in [5.74, 6) is 0. The fourth-order valence-corrected chi connectivity index (χ4v) is 6.47. The zero-order valence-electron chi connectivity index (χ0n) is 28.4. The Balaban J connectivity index is 0.000000178. The minimum absolute atomic E-state index is 0.644. The molecule has 0 saturated carbocycles. The molecule has 0 N–H and O–H groups in total. The molecule has 0 fully saturated rings. The third-order valence-corrected chi connectivity index (χ3v) is 8.79. The van der Waals surface area contributed by atoms with E-state index in [1.807, 2.05) is 97.1 Å². The molecular formula is C41H29BBrFN3O4S. The number of hydrogen-bond acceptors (Lipinski definition) is 6. The molecule has 0 bridgehead atoms. The number of rotatable bonds is 6.